The number of hydrogen-bond donors (Lipinski definition) is 1. The molecule has 2 rings (SSSR count). The van der Waals surface area contributed by atoms with Gasteiger partial charge in [0, 0.05) is 19.2 Å². The maximum Gasteiger partial charge on any atom is 0.123 e. The van der Waals surface area contributed by atoms with Crippen molar-refractivity contribution in [3.63, 3.8) is 0 Å². The second kappa shape index (κ2) is 5.12. The molecule has 0 radical (unpaired) electrons. The van der Waals surface area contributed by atoms with Crippen LogP contribution in [0.5, 0.6) is 5.75 Å². The summed E-state index contributed by atoms with van der Waals surface area (Å²) in [5.41, 5.74) is 4.40. The van der Waals surface area contributed by atoms with E-state index < -0.39 is 0 Å². The highest BCUT2D eigenvalue weighted by Crippen LogP contribution is 2.22. The molecule has 4 heteroatoms. The van der Waals surface area contributed by atoms with Gasteiger partial charge in [0.25, 0.3) is 0 Å². The van der Waals surface area contributed by atoms with Gasteiger partial charge >= 0.3 is 0 Å². The Labute approximate surface area is 108 Å². The Morgan fingerprint density at radius 1 is 1.28 bits per heavy atom. The van der Waals surface area contributed by atoms with Gasteiger partial charge in [-0.2, -0.15) is 5.10 Å². The third-order valence-electron chi connectivity index (χ3n) is 3.16. The third kappa shape index (κ3) is 2.32. The average molecular weight is 245 g/mol. The minimum atomic E-state index is 0.734. The zero-order valence-corrected chi connectivity index (χ0v) is 11.3. The number of benzene rings is 1. The van der Waals surface area contributed by atoms with Crippen molar-refractivity contribution in [2.75, 3.05) is 12.4 Å². The van der Waals surface area contributed by atoms with Crippen LogP contribution in [-0.4, -0.2) is 16.9 Å². The first-order chi connectivity index (χ1) is 8.63. The van der Waals surface area contributed by atoms with Crippen LogP contribution in [0, 0.1) is 13.8 Å². The SMILES string of the molecule is COc1ccccc1CNc1c(C)nn(C)c1C. The molecule has 0 spiro atoms. The van der Waals surface area contributed by atoms with E-state index in [-0.39, 0.29) is 0 Å². The molecule has 0 unspecified atom stereocenters. The van der Waals surface area contributed by atoms with Crippen molar-refractivity contribution in [1.82, 2.24) is 9.78 Å². The highest BCUT2D eigenvalue weighted by Gasteiger charge is 2.09. The van der Waals surface area contributed by atoms with E-state index in [0.717, 1.165) is 34.9 Å². The third-order valence-corrected chi connectivity index (χ3v) is 3.16. The van der Waals surface area contributed by atoms with Crippen LogP contribution in [0.25, 0.3) is 0 Å². The normalized spacial score (nSPS) is 10.4. The first kappa shape index (κ1) is 12.5. The van der Waals surface area contributed by atoms with Crippen molar-refractivity contribution in [2.45, 2.75) is 20.4 Å². The molecule has 0 bridgehead atoms. The fraction of sp³-hybridized carbons (Fsp3) is 0.357. The standard InChI is InChI=1S/C14H19N3O/c1-10-14(11(2)17(3)16-10)15-9-12-7-5-6-8-13(12)18-4/h5-8,15H,9H2,1-4H3. The molecule has 0 fully saturated rings. The van der Waals surface area contributed by atoms with Gasteiger partial charge < -0.3 is 10.1 Å². The molecule has 1 aromatic carbocycles. The van der Waals surface area contributed by atoms with E-state index >= 15 is 0 Å². The van der Waals surface area contributed by atoms with Gasteiger partial charge in [0.2, 0.25) is 0 Å². The van der Waals surface area contributed by atoms with E-state index in [2.05, 4.69) is 23.4 Å². The quantitative estimate of drug-likeness (QED) is 0.900. The molecule has 0 aliphatic carbocycles. The van der Waals surface area contributed by atoms with Crippen LogP contribution < -0.4 is 10.1 Å². The van der Waals surface area contributed by atoms with Crippen molar-refractivity contribution >= 4 is 5.69 Å². The van der Waals surface area contributed by atoms with Crippen molar-refractivity contribution in [2.24, 2.45) is 7.05 Å². The van der Waals surface area contributed by atoms with Gasteiger partial charge in [-0.25, -0.2) is 0 Å². The molecular formula is C14H19N3O. The van der Waals surface area contributed by atoms with Crippen LogP contribution in [0.4, 0.5) is 5.69 Å². The van der Waals surface area contributed by atoms with Crippen molar-refractivity contribution < 1.29 is 4.74 Å². The molecule has 0 atom stereocenters. The second-order valence-electron chi connectivity index (χ2n) is 4.33. The minimum absolute atomic E-state index is 0.734. The number of aryl methyl sites for hydroxylation is 2. The zero-order chi connectivity index (χ0) is 13.1. The number of hydrogen-bond acceptors (Lipinski definition) is 3. The summed E-state index contributed by atoms with van der Waals surface area (Å²) in [5.74, 6) is 0.907. The second-order valence-corrected chi connectivity index (χ2v) is 4.33. The lowest BCUT2D eigenvalue weighted by Crippen LogP contribution is -2.03. The molecule has 0 saturated heterocycles. The predicted molar refractivity (Wildman–Crippen MR) is 73.0 cm³/mol. The Morgan fingerprint density at radius 2 is 2.00 bits per heavy atom. The highest BCUT2D eigenvalue weighted by molar-refractivity contribution is 5.52. The first-order valence-corrected chi connectivity index (χ1v) is 5.99. The first-order valence-electron chi connectivity index (χ1n) is 5.99. The summed E-state index contributed by atoms with van der Waals surface area (Å²) in [6.45, 7) is 4.81. The summed E-state index contributed by atoms with van der Waals surface area (Å²) >= 11 is 0. The molecule has 1 heterocycles. The maximum absolute atomic E-state index is 5.34. The molecule has 0 aliphatic rings. The Bertz CT molecular complexity index is 546. The van der Waals surface area contributed by atoms with Crippen LogP contribution in [-0.2, 0) is 13.6 Å². The summed E-state index contributed by atoms with van der Waals surface area (Å²) in [6.07, 6.45) is 0. The summed E-state index contributed by atoms with van der Waals surface area (Å²) in [4.78, 5) is 0. The number of para-hydroxylation sites is 1. The van der Waals surface area contributed by atoms with Crippen molar-refractivity contribution in [3.8, 4) is 5.75 Å². The molecular weight excluding hydrogens is 226 g/mol. The van der Waals surface area contributed by atoms with Gasteiger partial charge in [0.15, 0.2) is 0 Å². The lowest BCUT2D eigenvalue weighted by atomic mass is 10.2. The average Bonchev–Trinajstić information content (AvgIpc) is 2.62. The lowest BCUT2D eigenvalue weighted by Gasteiger charge is -2.10. The minimum Gasteiger partial charge on any atom is -0.496 e. The highest BCUT2D eigenvalue weighted by atomic mass is 16.5. The molecule has 0 aliphatic heterocycles. The smallest absolute Gasteiger partial charge is 0.123 e. The Hall–Kier alpha value is -1.97. The molecule has 1 N–H and O–H groups in total. The number of nitrogens with zero attached hydrogens (tertiary/aromatic N) is 2. The molecule has 2 aromatic rings. The van der Waals surface area contributed by atoms with E-state index in [1.54, 1.807) is 7.11 Å². The topological polar surface area (TPSA) is 39.1 Å². The summed E-state index contributed by atoms with van der Waals surface area (Å²) in [5, 5.41) is 7.82. The van der Waals surface area contributed by atoms with Crippen molar-refractivity contribution in [3.05, 3.63) is 41.2 Å². The molecule has 0 saturated carbocycles. The van der Waals surface area contributed by atoms with E-state index in [9.17, 15) is 0 Å². The van der Waals surface area contributed by atoms with Crippen molar-refractivity contribution in [1.29, 1.82) is 0 Å². The van der Waals surface area contributed by atoms with Crippen LogP contribution in [0.2, 0.25) is 0 Å². The van der Waals surface area contributed by atoms with Gasteiger partial charge in [-0.3, -0.25) is 4.68 Å². The van der Waals surface area contributed by atoms with E-state index in [0.29, 0.717) is 0 Å². The summed E-state index contributed by atoms with van der Waals surface area (Å²) < 4.78 is 7.23. The molecule has 96 valence electrons. The zero-order valence-electron chi connectivity index (χ0n) is 11.3. The molecule has 1 aromatic heterocycles. The van der Waals surface area contributed by atoms with Gasteiger partial charge in [-0.05, 0) is 19.9 Å². The number of nitrogens with one attached hydrogen (secondary N) is 1. The summed E-state index contributed by atoms with van der Waals surface area (Å²) in [6, 6.07) is 8.03. The number of rotatable bonds is 4. The van der Waals surface area contributed by atoms with Crippen LogP contribution >= 0.6 is 0 Å². The van der Waals surface area contributed by atoms with Crippen LogP contribution in [0.3, 0.4) is 0 Å². The Morgan fingerprint density at radius 3 is 2.61 bits per heavy atom. The van der Waals surface area contributed by atoms with Gasteiger partial charge in [-0.15, -0.1) is 0 Å². The lowest BCUT2D eigenvalue weighted by molar-refractivity contribution is 0.410. The van der Waals surface area contributed by atoms with E-state index in [1.807, 2.05) is 36.9 Å². The van der Waals surface area contributed by atoms with Gasteiger partial charge in [0.05, 0.1) is 24.2 Å². The van der Waals surface area contributed by atoms with Gasteiger partial charge in [0.1, 0.15) is 5.75 Å². The van der Waals surface area contributed by atoms with Crippen LogP contribution in [0.1, 0.15) is 17.0 Å². The number of anilines is 1. The number of methoxy groups -OCH3 is 1. The largest absolute Gasteiger partial charge is 0.496 e. The van der Waals surface area contributed by atoms with E-state index in [4.69, 9.17) is 4.74 Å². The monoisotopic (exact) mass is 245 g/mol. The molecule has 18 heavy (non-hydrogen) atoms. The fourth-order valence-corrected chi connectivity index (χ4v) is 2.06. The number of ether oxygens (including phenoxy) is 1. The maximum atomic E-state index is 5.34. The predicted octanol–water partition coefficient (Wildman–Crippen LogP) is 2.66. The van der Waals surface area contributed by atoms with E-state index in [1.165, 1.54) is 0 Å². The van der Waals surface area contributed by atoms with Crippen LogP contribution in [0.15, 0.2) is 24.3 Å². The number of aromatic nitrogens is 2. The summed E-state index contributed by atoms with van der Waals surface area (Å²) in [7, 11) is 3.65. The van der Waals surface area contributed by atoms with Gasteiger partial charge in [-0.1, -0.05) is 18.2 Å². The molecule has 4 nitrogen and oxygen atoms in total. The molecule has 0 amide bonds. The fourth-order valence-electron chi connectivity index (χ4n) is 2.06. The Balaban J connectivity index is 2.16. The Kier molecular flexibility index (Phi) is 3.55.